The molecule has 0 spiro atoms. The first-order valence-corrected chi connectivity index (χ1v) is 8.53. The minimum Gasteiger partial charge on any atom is -0.280 e. The summed E-state index contributed by atoms with van der Waals surface area (Å²) in [5.74, 6) is -0.971. The van der Waals surface area contributed by atoms with E-state index in [0.29, 0.717) is 0 Å². The SMILES string of the molecule is CC(=O)NNC(=O)c1cccc(NS(=O)(=O)c2ccc(C)cc2)c1. The van der Waals surface area contributed by atoms with Gasteiger partial charge in [-0.05, 0) is 37.3 Å². The number of benzene rings is 2. The molecule has 7 nitrogen and oxygen atoms in total. The number of anilines is 1. The summed E-state index contributed by atoms with van der Waals surface area (Å²) in [4.78, 5) is 22.8. The molecule has 0 bridgehead atoms. The topological polar surface area (TPSA) is 104 Å². The standard InChI is InChI=1S/C16H17N3O4S/c1-11-6-8-15(9-7-11)24(22,23)19-14-5-3-4-13(10-14)16(21)18-17-12(2)20/h3-10,19H,1-2H3,(H,17,20)(H,18,21). The number of carbonyl (C=O) groups excluding carboxylic acids is 2. The molecule has 0 heterocycles. The molecule has 0 aliphatic rings. The largest absolute Gasteiger partial charge is 0.280 e. The van der Waals surface area contributed by atoms with Gasteiger partial charge in [0.25, 0.3) is 15.9 Å². The zero-order chi connectivity index (χ0) is 17.7. The average molecular weight is 347 g/mol. The predicted molar refractivity (Wildman–Crippen MR) is 89.7 cm³/mol. The number of nitrogens with one attached hydrogen (secondary N) is 3. The lowest BCUT2D eigenvalue weighted by Crippen LogP contribution is -2.40. The molecule has 0 fully saturated rings. The van der Waals surface area contributed by atoms with Crippen molar-refractivity contribution in [3.63, 3.8) is 0 Å². The highest BCUT2D eigenvalue weighted by Gasteiger charge is 2.15. The highest BCUT2D eigenvalue weighted by Crippen LogP contribution is 2.17. The maximum Gasteiger partial charge on any atom is 0.269 e. The molecule has 0 saturated heterocycles. The maximum absolute atomic E-state index is 12.3. The van der Waals surface area contributed by atoms with E-state index in [1.807, 2.05) is 6.92 Å². The van der Waals surface area contributed by atoms with Gasteiger partial charge in [-0.2, -0.15) is 0 Å². The van der Waals surface area contributed by atoms with Gasteiger partial charge in [-0.25, -0.2) is 8.42 Å². The van der Waals surface area contributed by atoms with Crippen LogP contribution in [0.2, 0.25) is 0 Å². The van der Waals surface area contributed by atoms with E-state index < -0.39 is 21.8 Å². The minimum absolute atomic E-state index is 0.126. The fraction of sp³-hybridized carbons (Fsp3) is 0.125. The molecule has 0 saturated carbocycles. The molecule has 0 aromatic heterocycles. The van der Waals surface area contributed by atoms with Crippen LogP contribution in [0.1, 0.15) is 22.8 Å². The van der Waals surface area contributed by atoms with E-state index in [4.69, 9.17) is 0 Å². The van der Waals surface area contributed by atoms with Crippen LogP contribution in [0, 0.1) is 6.92 Å². The molecule has 8 heteroatoms. The maximum atomic E-state index is 12.3. The van der Waals surface area contributed by atoms with E-state index in [9.17, 15) is 18.0 Å². The first-order chi connectivity index (χ1) is 11.3. The summed E-state index contributed by atoms with van der Waals surface area (Å²) in [5.41, 5.74) is 5.77. The second kappa shape index (κ2) is 7.14. The molecule has 2 aromatic rings. The smallest absolute Gasteiger partial charge is 0.269 e. The summed E-state index contributed by atoms with van der Waals surface area (Å²) in [6.45, 7) is 3.12. The van der Waals surface area contributed by atoms with E-state index in [-0.39, 0.29) is 16.1 Å². The predicted octanol–water partition coefficient (Wildman–Crippen LogP) is 1.58. The summed E-state index contributed by atoms with van der Waals surface area (Å²) >= 11 is 0. The Morgan fingerprint density at radius 3 is 2.25 bits per heavy atom. The number of carbonyl (C=O) groups is 2. The molecule has 24 heavy (non-hydrogen) atoms. The summed E-state index contributed by atoms with van der Waals surface area (Å²) in [7, 11) is -3.75. The lowest BCUT2D eigenvalue weighted by molar-refractivity contribution is -0.119. The summed E-state index contributed by atoms with van der Waals surface area (Å²) in [6, 6.07) is 12.4. The molecule has 2 rings (SSSR count). The Hall–Kier alpha value is -2.87. The van der Waals surface area contributed by atoms with E-state index in [0.717, 1.165) is 5.56 Å². The highest BCUT2D eigenvalue weighted by atomic mass is 32.2. The van der Waals surface area contributed by atoms with Crippen molar-refractivity contribution in [2.45, 2.75) is 18.7 Å². The van der Waals surface area contributed by atoms with Crippen LogP contribution in [0.3, 0.4) is 0 Å². The van der Waals surface area contributed by atoms with Gasteiger partial charge in [-0.3, -0.25) is 25.2 Å². The van der Waals surface area contributed by atoms with Gasteiger partial charge in [0.2, 0.25) is 5.91 Å². The van der Waals surface area contributed by atoms with E-state index in [2.05, 4.69) is 15.6 Å². The number of sulfonamides is 1. The van der Waals surface area contributed by atoms with Crippen molar-refractivity contribution in [3.8, 4) is 0 Å². The van der Waals surface area contributed by atoms with Crippen LogP contribution in [0.5, 0.6) is 0 Å². The molecule has 0 aliphatic heterocycles. The third kappa shape index (κ3) is 4.56. The molecule has 0 unspecified atom stereocenters. The summed E-state index contributed by atoms with van der Waals surface area (Å²) < 4.78 is 27.1. The Morgan fingerprint density at radius 1 is 0.958 bits per heavy atom. The van der Waals surface area contributed by atoms with E-state index >= 15 is 0 Å². The number of aryl methyl sites for hydroxylation is 1. The number of hydrogen-bond acceptors (Lipinski definition) is 4. The lowest BCUT2D eigenvalue weighted by Gasteiger charge is -2.10. The van der Waals surface area contributed by atoms with Crippen LogP contribution in [0.25, 0.3) is 0 Å². The second-order valence-corrected chi connectivity index (χ2v) is 6.82. The van der Waals surface area contributed by atoms with E-state index in [1.165, 1.54) is 43.3 Å². The fourth-order valence-corrected chi connectivity index (χ4v) is 2.92. The van der Waals surface area contributed by atoms with E-state index in [1.54, 1.807) is 12.1 Å². The quantitative estimate of drug-likeness (QED) is 0.730. The molecule has 0 aliphatic carbocycles. The number of rotatable bonds is 4. The van der Waals surface area contributed by atoms with Crippen LogP contribution in [-0.2, 0) is 14.8 Å². The van der Waals surface area contributed by atoms with Crippen molar-refractivity contribution in [2.24, 2.45) is 0 Å². The Balaban J connectivity index is 2.18. The van der Waals surface area contributed by atoms with Crippen LogP contribution < -0.4 is 15.6 Å². The van der Waals surface area contributed by atoms with Crippen molar-refractivity contribution in [3.05, 3.63) is 59.7 Å². The van der Waals surface area contributed by atoms with Gasteiger partial charge in [-0.15, -0.1) is 0 Å². The average Bonchev–Trinajstić information content (AvgIpc) is 2.52. The molecule has 126 valence electrons. The first-order valence-electron chi connectivity index (χ1n) is 7.04. The van der Waals surface area contributed by atoms with Crippen molar-refractivity contribution >= 4 is 27.5 Å². The summed E-state index contributed by atoms with van der Waals surface area (Å²) in [5, 5.41) is 0. The van der Waals surface area contributed by atoms with Crippen molar-refractivity contribution in [1.29, 1.82) is 0 Å². The number of hydrogen-bond donors (Lipinski definition) is 3. The first kappa shape index (κ1) is 17.5. The van der Waals surface area contributed by atoms with Gasteiger partial charge in [0.1, 0.15) is 0 Å². The third-order valence-corrected chi connectivity index (χ3v) is 4.46. The van der Waals surface area contributed by atoms with Crippen LogP contribution >= 0.6 is 0 Å². The molecule has 0 radical (unpaired) electrons. The van der Waals surface area contributed by atoms with Gasteiger partial charge in [0.05, 0.1) is 4.90 Å². The fourth-order valence-electron chi connectivity index (χ4n) is 1.87. The zero-order valence-corrected chi connectivity index (χ0v) is 14.0. The van der Waals surface area contributed by atoms with Gasteiger partial charge < -0.3 is 0 Å². The molecular formula is C16H17N3O4S. The van der Waals surface area contributed by atoms with Gasteiger partial charge in [0, 0.05) is 18.2 Å². The van der Waals surface area contributed by atoms with Crippen LogP contribution in [0.15, 0.2) is 53.4 Å². The van der Waals surface area contributed by atoms with Crippen molar-refractivity contribution in [1.82, 2.24) is 10.9 Å². The molecule has 2 amide bonds. The Kier molecular flexibility index (Phi) is 5.20. The number of amides is 2. The number of hydrazine groups is 1. The monoisotopic (exact) mass is 347 g/mol. The Labute approximate surface area is 140 Å². The van der Waals surface area contributed by atoms with Crippen molar-refractivity contribution < 1.29 is 18.0 Å². The van der Waals surface area contributed by atoms with Gasteiger partial charge in [0.15, 0.2) is 0 Å². The zero-order valence-electron chi connectivity index (χ0n) is 13.2. The molecular weight excluding hydrogens is 330 g/mol. The lowest BCUT2D eigenvalue weighted by atomic mass is 10.2. The highest BCUT2D eigenvalue weighted by molar-refractivity contribution is 7.92. The molecule has 2 aromatic carbocycles. The Bertz CT molecular complexity index is 861. The van der Waals surface area contributed by atoms with Gasteiger partial charge >= 0.3 is 0 Å². The van der Waals surface area contributed by atoms with Crippen LogP contribution in [-0.4, -0.2) is 20.2 Å². The van der Waals surface area contributed by atoms with Gasteiger partial charge in [-0.1, -0.05) is 23.8 Å². The molecule has 0 atom stereocenters. The molecule has 3 N–H and O–H groups in total. The van der Waals surface area contributed by atoms with Crippen molar-refractivity contribution in [2.75, 3.05) is 4.72 Å². The minimum atomic E-state index is -3.75. The Morgan fingerprint density at radius 2 is 1.62 bits per heavy atom. The summed E-state index contributed by atoms with van der Waals surface area (Å²) in [6.07, 6.45) is 0. The second-order valence-electron chi connectivity index (χ2n) is 5.13. The van der Waals surface area contributed by atoms with Crippen LogP contribution in [0.4, 0.5) is 5.69 Å². The normalized spacial score (nSPS) is 10.8. The third-order valence-electron chi connectivity index (χ3n) is 3.06.